The van der Waals surface area contributed by atoms with Gasteiger partial charge in [0.2, 0.25) is 5.91 Å². The summed E-state index contributed by atoms with van der Waals surface area (Å²) < 4.78 is 1.26. The monoisotopic (exact) mass is 294 g/mol. The summed E-state index contributed by atoms with van der Waals surface area (Å²) in [6.45, 7) is 1.77. The van der Waals surface area contributed by atoms with Crippen LogP contribution < -0.4 is 5.32 Å². The van der Waals surface area contributed by atoms with E-state index in [4.69, 9.17) is 0 Å². The molecule has 0 saturated heterocycles. The first-order valence-electron chi connectivity index (χ1n) is 6.94. The second-order valence-electron chi connectivity index (χ2n) is 4.78. The zero-order valence-corrected chi connectivity index (χ0v) is 12.0. The lowest BCUT2D eigenvalue weighted by molar-refractivity contribution is -0.115. The fraction of sp³-hybridized carbons (Fsp3) is 0.125. The number of amides is 1. The number of benzene rings is 2. The molecule has 0 aliphatic heterocycles. The van der Waals surface area contributed by atoms with Crippen LogP contribution in [0.4, 0.5) is 5.69 Å². The summed E-state index contributed by atoms with van der Waals surface area (Å²) in [5.74, 6) is -0.392. The van der Waals surface area contributed by atoms with Gasteiger partial charge in [0.15, 0.2) is 0 Å². The van der Waals surface area contributed by atoms with Crippen LogP contribution >= 0.6 is 0 Å². The van der Waals surface area contributed by atoms with E-state index in [1.165, 1.54) is 4.68 Å². The molecule has 3 aromatic rings. The van der Waals surface area contributed by atoms with Crippen LogP contribution in [-0.4, -0.2) is 26.8 Å². The number of hydrogen-bond acceptors (Lipinski definition) is 4. The van der Waals surface area contributed by atoms with Crippen molar-refractivity contribution in [2.24, 2.45) is 0 Å². The van der Waals surface area contributed by atoms with E-state index < -0.39 is 0 Å². The molecule has 1 N–H and O–H groups in total. The minimum atomic E-state index is -0.290. The molecular weight excluding hydrogens is 280 g/mol. The molecule has 0 bridgehead atoms. The van der Waals surface area contributed by atoms with Crippen LogP contribution in [0.5, 0.6) is 0 Å². The zero-order chi connectivity index (χ0) is 15.5. The van der Waals surface area contributed by atoms with E-state index in [2.05, 4.69) is 15.6 Å². The van der Waals surface area contributed by atoms with Crippen molar-refractivity contribution in [2.75, 3.05) is 5.32 Å². The summed E-state index contributed by atoms with van der Waals surface area (Å²) in [4.78, 5) is 24.0. The van der Waals surface area contributed by atoms with Gasteiger partial charge in [-0.25, -0.2) is 0 Å². The highest BCUT2D eigenvalue weighted by molar-refractivity contribution is 6.01. The Labute approximate surface area is 126 Å². The Morgan fingerprint density at radius 3 is 2.77 bits per heavy atom. The van der Waals surface area contributed by atoms with E-state index in [9.17, 15) is 9.59 Å². The molecule has 110 valence electrons. The summed E-state index contributed by atoms with van der Waals surface area (Å²) in [5.41, 5.74) is 2.33. The Morgan fingerprint density at radius 1 is 1.14 bits per heavy atom. The van der Waals surface area contributed by atoms with Crippen molar-refractivity contribution in [1.29, 1.82) is 0 Å². The molecule has 1 amide bonds. The fourth-order valence-corrected chi connectivity index (χ4v) is 2.12. The van der Waals surface area contributed by atoms with Crippen LogP contribution in [0.1, 0.15) is 23.7 Å². The van der Waals surface area contributed by atoms with Crippen LogP contribution in [-0.2, 0) is 4.79 Å². The highest BCUT2D eigenvalue weighted by Gasteiger charge is 2.14. The molecule has 0 saturated carbocycles. The third-order valence-electron chi connectivity index (χ3n) is 3.26. The fourth-order valence-electron chi connectivity index (χ4n) is 2.12. The molecule has 22 heavy (non-hydrogen) atoms. The van der Waals surface area contributed by atoms with E-state index in [1.807, 2.05) is 12.1 Å². The maximum absolute atomic E-state index is 12.6. The zero-order valence-electron chi connectivity index (χ0n) is 12.0. The number of carbonyl (C=O) groups is 2. The number of nitrogens with one attached hydrogen (secondary N) is 1. The largest absolute Gasteiger partial charge is 0.326 e. The molecule has 6 heteroatoms. The first-order valence-corrected chi connectivity index (χ1v) is 6.94. The minimum absolute atomic E-state index is 0.101. The van der Waals surface area contributed by atoms with Gasteiger partial charge in [0, 0.05) is 17.7 Å². The van der Waals surface area contributed by atoms with Crippen molar-refractivity contribution in [3.8, 4) is 0 Å². The Balaban J connectivity index is 1.95. The SMILES string of the molecule is CCC(=O)Nc1cccc(C(=O)n2nnc3ccccc32)c1. The van der Waals surface area contributed by atoms with E-state index in [-0.39, 0.29) is 11.8 Å². The molecule has 6 nitrogen and oxygen atoms in total. The lowest BCUT2D eigenvalue weighted by Gasteiger charge is -2.06. The predicted octanol–water partition coefficient (Wildman–Crippen LogP) is 2.47. The van der Waals surface area contributed by atoms with Gasteiger partial charge >= 0.3 is 0 Å². The van der Waals surface area contributed by atoms with Gasteiger partial charge in [-0.1, -0.05) is 30.3 Å². The van der Waals surface area contributed by atoms with Crippen molar-refractivity contribution in [2.45, 2.75) is 13.3 Å². The average Bonchev–Trinajstić information content (AvgIpc) is 2.98. The number of rotatable bonds is 3. The quantitative estimate of drug-likeness (QED) is 0.805. The Morgan fingerprint density at radius 2 is 1.95 bits per heavy atom. The predicted molar refractivity (Wildman–Crippen MR) is 82.6 cm³/mol. The van der Waals surface area contributed by atoms with Gasteiger partial charge in [0.1, 0.15) is 5.52 Å². The van der Waals surface area contributed by atoms with Gasteiger partial charge in [-0.3, -0.25) is 9.59 Å². The summed E-state index contributed by atoms with van der Waals surface area (Å²) in [6, 6.07) is 14.0. The van der Waals surface area contributed by atoms with Crippen molar-refractivity contribution >= 4 is 28.5 Å². The standard InChI is InChI=1S/C16H14N4O2/c1-2-15(21)17-12-7-5-6-11(10-12)16(22)20-14-9-4-3-8-13(14)18-19-20/h3-10H,2H2,1H3,(H,17,21). The summed E-state index contributed by atoms with van der Waals surface area (Å²) >= 11 is 0. The molecule has 3 rings (SSSR count). The first-order chi connectivity index (χ1) is 10.7. The summed E-state index contributed by atoms with van der Waals surface area (Å²) in [6.07, 6.45) is 0.381. The lowest BCUT2D eigenvalue weighted by Crippen LogP contribution is -2.15. The van der Waals surface area contributed by atoms with Crippen molar-refractivity contribution in [3.05, 3.63) is 54.1 Å². The van der Waals surface area contributed by atoms with Crippen LogP contribution in [0.25, 0.3) is 11.0 Å². The molecule has 2 aromatic carbocycles. The second kappa shape index (κ2) is 5.77. The van der Waals surface area contributed by atoms with Gasteiger partial charge in [-0.15, -0.1) is 5.10 Å². The van der Waals surface area contributed by atoms with Crippen molar-refractivity contribution in [1.82, 2.24) is 15.0 Å². The van der Waals surface area contributed by atoms with Crippen molar-refractivity contribution < 1.29 is 9.59 Å². The molecule has 0 unspecified atom stereocenters. The van der Waals surface area contributed by atoms with Crippen molar-refractivity contribution in [3.63, 3.8) is 0 Å². The van der Waals surface area contributed by atoms with E-state index >= 15 is 0 Å². The number of fused-ring (bicyclic) bond motifs is 1. The highest BCUT2D eigenvalue weighted by atomic mass is 16.2. The molecule has 0 radical (unpaired) electrons. The van der Waals surface area contributed by atoms with E-state index in [0.29, 0.717) is 28.7 Å². The van der Waals surface area contributed by atoms with E-state index in [1.54, 1.807) is 43.3 Å². The number of aromatic nitrogens is 3. The second-order valence-corrected chi connectivity index (χ2v) is 4.78. The molecule has 0 aliphatic rings. The van der Waals surface area contributed by atoms with Gasteiger partial charge in [-0.05, 0) is 30.3 Å². The average molecular weight is 294 g/mol. The molecular formula is C16H14N4O2. The summed E-state index contributed by atoms with van der Waals surface area (Å²) in [5, 5.41) is 10.6. The van der Waals surface area contributed by atoms with Crippen LogP contribution in [0, 0.1) is 0 Å². The molecule has 0 spiro atoms. The maximum atomic E-state index is 12.6. The van der Waals surface area contributed by atoms with Crippen LogP contribution in [0.2, 0.25) is 0 Å². The van der Waals surface area contributed by atoms with Crippen LogP contribution in [0.3, 0.4) is 0 Å². The molecule has 0 atom stereocenters. The Kier molecular flexibility index (Phi) is 3.65. The number of nitrogens with zero attached hydrogens (tertiary/aromatic N) is 3. The molecule has 0 aliphatic carbocycles. The third-order valence-corrected chi connectivity index (χ3v) is 3.26. The van der Waals surface area contributed by atoms with Gasteiger partial charge in [0.05, 0.1) is 5.52 Å². The molecule has 1 aromatic heterocycles. The number of carbonyl (C=O) groups excluding carboxylic acids is 2. The third kappa shape index (κ3) is 2.58. The van der Waals surface area contributed by atoms with Gasteiger partial charge < -0.3 is 5.32 Å². The number of para-hydroxylation sites is 1. The highest BCUT2D eigenvalue weighted by Crippen LogP contribution is 2.15. The van der Waals surface area contributed by atoms with Gasteiger partial charge in [0.25, 0.3) is 5.91 Å². The Bertz CT molecular complexity index is 854. The topological polar surface area (TPSA) is 76.9 Å². The van der Waals surface area contributed by atoms with Crippen LogP contribution in [0.15, 0.2) is 48.5 Å². The smallest absolute Gasteiger partial charge is 0.280 e. The summed E-state index contributed by atoms with van der Waals surface area (Å²) in [7, 11) is 0. The first kappa shape index (κ1) is 13.9. The molecule has 1 heterocycles. The minimum Gasteiger partial charge on any atom is -0.326 e. The number of anilines is 1. The van der Waals surface area contributed by atoms with E-state index in [0.717, 1.165) is 0 Å². The molecule has 0 fully saturated rings. The van der Waals surface area contributed by atoms with Gasteiger partial charge in [-0.2, -0.15) is 4.68 Å². The lowest BCUT2D eigenvalue weighted by atomic mass is 10.2. The Hall–Kier alpha value is -3.02. The maximum Gasteiger partial charge on any atom is 0.280 e. The normalized spacial score (nSPS) is 10.6. The number of hydrogen-bond donors (Lipinski definition) is 1.